The number of rotatable bonds is 9. The standard InChI is InChI=1S/C16H23FO3/c1-3-4-5-6-7-12(2)20-11-13-8-9-15(17)14(10-13)16(18)19/h8-10,12H,3-7,11H2,1-2H3,(H,18,19). The van der Waals surface area contributed by atoms with Crippen molar-refractivity contribution in [3.05, 3.63) is 35.1 Å². The SMILES string of the molecule is CCCCCCC(C)OCc1ccc(F)c(C(=O)O)c1. The van der Waals surface area contributed by atoms with Crippen molar-refractivity contribution in [2.75, 3.05) is 0 Å². The number of aromatic carboxylic acids is 1. The van der Waals surface area contributed by atoms with Crippen molar-refractivity contribution in [3.63, 3.8) is 0 Å². The molecule has 0 fully saturated rings. The molecule has 20 heavy (non-hydrogen) atoms. The Hall–Kier alpha value is -1.42. The van der Waals surface area contributed by atoms with Crippen LogP contribution in [0.3, 0.4) is 0 Å². The number of benzene rings is 1. The van der Waals surface area contributed by atoms with Crippen LogP contribution in [0.2, 0.25) is 0 Å². The van der Waals surface area contributed by atoms with E-state index in [4.69, 9.17) is 9.84 Å². The maximum atomic E-state index is 13.2. The van der Waals surface area contributed by atoms with Crippen LogP contribution in [0.25, 0.3) is 0 Å². The van der Waals surface area contributed by atoms with E-state index in [0.717, 1.165) is 12.8 Å². The monoisotopic (exact) mass is 282 g/mol. The van der Waals surface area contributed by atoms with E-state index >= 15 is 0 Å². The first-order valence-electron chi connectivity index (χ1n) is 7.18. The maximum absolute atomic E-state index is 13.2. The minimum absolute atomic E-state index is 0.130. The van der Waals surface area contributed by atoms with Gasteiger partial charge in [-0.15, -0.1) is 0 Å². The number of carboxylic acids is 1. The van der Waals surface area contributed by atoms with E-state index in [-0.39, 0.29) is 11.7 Å². The van der Waals surface area contributed by atoms with E-state index in [2.05, 4.69) is 6.92 Å². The van der Waals surface area contributed by atoms with Crippen LogP contribution in [0, 0.1) is 5.82 Å². The number of unbranched alkanes of at least 4 members (excludes halogenated alkanes) is 3. The summed E-state index contributed by atoms with van der Waals surface area (Å²) in [7, 11) is 0. The van der Waals surface area contributed by atoms with Crippen LogP contribution in [-0.4, -0.2) is 17.2 Å². The normalized spacial score (nSPS) is 12.3. The van der Waals surface area contributed by atoms with Crippen LogP contribution in [-0.2, 0) is 11.3 Å². The predicted octanol–water partition coefficient (Wildman–Crippen LogP) is 4.40. The van der Waals surface area contributed by atoms with Gasteiger partial charge in [-0.3, -0.25) is 0 Å². The van der Waals surface area contributed by atoms with Gasteiger partial charge in [0.05, 0.1) is 18.3 Å². The van der Waals surface area contributed by atoms with Crippen molar-refractivity contribution in [1.82, 2.24) is 0 Å². The van der Waals surface area contributed by atoms with Crippen molar-refractivity contribution in [2.24, 2.45) is 0 Å². The van der Waals surface area contributed by atoms with Gasteiger partial charge in [-0.05, 0) is 31.0 Å². The third kappa shape index (κ3) is 5.70. The number of hydrogen-bond donors (Lipinski definition) is 1. The molecular weight excluding hydrogens is 259 g/mol. The van der Waals surface area contributed by atoms with Gasteiger partial charge >= 0.3 is 5.97 Å². The Balaban J connectivity index is 2.41. The second-order valence-electron chi connectivity index (χ2n) is 5.09. The van der Waals surface area contributed by atoms with Crippen LogP contribution in [0.5, 0.6) is 0 Å². The predicted molar refractivity (Wildman–Crippen MR) is 76.4 cm³/mol. The van der Waals surface area contributed by atoms with E-state index < -0.39 is 11.8 Å². The van der Waals surface area contributed by atoms with E-state index in [1.807, 2.05) is 6.92 Å². The minimum Gasteiger partial charge on any atom is -0.478 e. The fourth-order valence-electron chi connectivity index (χ4n) is 2.01. The molecule has 0 bridgehead atoms. The summed E-state index contributed by atoms with van der Waals surface area (Å²) >= 11 is 0. The van der Waals surface area contributed by atoms with Crippen molar-refractivity contribution in [2.45, 2.75) is 58.7 Å². The summed E-state index contributed by atoms with van der Waals surface area (Å²) < 4.78 is 18.9. The lowest BCUT2D eigenvalue weighted by molar-refractivity contribution is 0.0458. The molecule has 0 aromatic heterocycles. The average Bonchev–Trinajstić information content (AvgIpc) is 2.42. The third-order valence-electron chi connectivity index (χ3n) is 3.26. The van der Waals surface area contributed by atoms with Crippen molar-refractivity contribution in [3.8, 4) is 0 Å². The Morgan fingerprint density at radius 1 is 1.35 bits per heavy atom. The quantitative estimate of drug-likeness (QED) is 0.683. The summed E-state index contributed by atoms with van der Waals surface area (Å²) in [6.07, 6.45) is 5.93. The van der Waals surface area contributed by atoms with E-state index in [1.54, 1.807) is 6.07 Å². The van der Waals surface area contributed by atoms with Crippen LogP contribution in [0.15, 0.2) is 18.2 Å². The minimum atomic E-state index is -1.25. The molecule has 0 saturated heterocycles. The number of hydrogen-bond acceptors (Lipinski definition) is 2. The summed E-state index contributed by atoms with van der Waals surface area (Å²) in [5.74, 6) is -1.97. The second kappa shape index (κ2) is 8.69. The number of carbonyl (C=O) groups is 1. The molecule has 0 amide bonds. The first kappa shape index (κ1) is 16.6. The molecule has 0 saturated carbocycles. The second-order valence-corrected chi connectivity index (χ2v) is 5.09. The Morgan fingerprint density at radius 3 is 2.75 bits per heavy atom. The summed E-state index contributed by atoms with van der Waals surface area (Å²) in [4.78, 5) is 10.8. The molecule has 4 heteroatoms. The van der Waals surface area contributed by atoms with Crippen LogP contribution >= 0.6 is 0 Å². The van der Waals surface area contributed by atoms with Crippen molar-refractivity contribution < 1.29 is 19.0 Å². The Morgan fingerprint density at radius 2 is 2.10 bits per heavy atom. The van der Waals surface area contributed by atoms with Crippen LogP contribution < -0.4 is 0 Å². The molecule has 1 N–H and O–H groups in total. The van der Waals surface area contributed by atoms with Gasteiger partial charge in [0.2, 0.25) is 0 Å². The van der Waals surface area contributed by atoms with Gasteiger partial charge in [0, 0.05) is 0 Å². The molecule has 1 unspecified atom stereocenters. The lowest BCUT2D eigenvalue weighted by Gasteiger charge is -2.13. The molecule has 3 nitrogen and oxygen atoms in total. The highest BCUT2D eigenvalue weighted by atomic mass is 19.1. The van der Waals surface area contributed by atoms with Gasteiger partial charge < -0.3 is 9.84 Å². The first-order valence-corrected chi connectivity index (χ1v) is 7.18. The van der Waals surface area contributed by atoms with Crippen LogP contribution in [0.1, 0.15) is 61.9 Å². The zero-order valence-corrected chi connectivity index (χ0v) is 12.2. The Kier molecular flexibility index (Phi) is 7.23. The molecule has 0 aliphatic rings. The van der Waals surface area contributed by atoms with E-state index in [0.29, 0.717) is 12.2 Å². The molecule has 1 atom stereocenters. The fourth-order valence-corrected chi connectivity index (χ4v) is 2.01. The average molecular weight is 282 g/mol. The van der Waals surface area contributed by atoms with Crippen molar-refractivity contribution >= 4 is 5.97 Å². The first-order chi connectivity index (χ1) is 9.54. The molecule has 0 heterocycles. The van der Waals surface area contributed by atoms with Gasteiger partial charge in [-0.25, -0.2) is 9.18 Å². The number of carboxylic acid groups (broad SMARTS) is 1. The lowest BCUT2D eigenvalue weighted by Crippen LogP contribution is -2.09. The lowest BCUT2D eigenvalue weighted by atomic mass is 10.1. The molecule has 1 aromatic rings. The molecule has 0 aliphatic heterocycles. The van der Waals surface area contributed by atoms with Gasteiger partial charge in [-0.1, -0.05) is 38.7 Å². The summed E-state index contributed by atoms with van der Waals surface area (Å²) in [5, 5.41) is 8.85. The smallest absolute Gasteiger partial charge is 0.338 e. The summed E-state index contributed by atoms with van der Waals surface area (Å²) in [5.41, 5.74) is 0.380. The third-order valence-corrected chi connectivity index (χ3v) is 3.26. The highest BCUT2D eigenvalue weighted by molar-refractivity contribution is 5.88. The fraction of sp³-hybridized carbons (Fsp3) is 0.562. The van der Waals surface area contributed by atoms with Gasteiger partial charge in [-0.2, -0.15) is 0 Å². The molecular formula is C16H23FO3. The van der Waals surface area contributed by atoms with Gasteiger partial charge in [0.15, 0.2) is 0 Å². The molecule has 1 aromatic carbocycles. The maximum Gasteiger partial charge on any atom is 0.338 e. The molecule has 1 rings (SSSR count). The molecule has 0 aliphatic carbocycles. The Bertz CT molecular complexity index is 432. The topological polar surface area (TPSA) is 46.5 Å². The summed E-state index contributed by atoms with van der Waals surface area (Å²) in [6, 6.07) is 4.07. The zero-order valence-electron chi connectivity index (χ0n) is 12.2. The molecule has 112 valence electrons. The van der Waals surface area contributed by atoms with Gasteiger partial charge in [0.1, 0.15) is 5.82 Å². The van der Waals surface area contributed by atoms with Gasteiger partial charge in [0.25, 0.3) is 0 Å². The van der Waals surface area contributed by atoms with E-state index in [9.17, 15) is 9.18 Å². The molecule has 0 spiro atoms. The van der Waals surface area contributed by atoms with Crippen molar-refractivity contribution in [1.29, 1.82) is 0 Å². The zero-order chi connectivity index (χ0) is 15.0. The molecule has 0 radical (unpaired) electrons. The number of ether oxygens (including phenoxy) is 1. The van der Waals surface area contributed by atoms with E-state index in [1.165, 1.54) is 31.4 Å². The number of halogens is 1. The summed E-state index contributed by atoms with van der Waals surface area (Å²) in [6.45, 7) is 4.50. The highest BCUT2D eigenvalue weighted by Gasteiger charge is 2.11. The van der Waals surface area contributed by atoms with Crippen LogP contribution in [0.4, 0.5) is 4.39 Å². The Labute approximate surface area is 119 Å². The largest absolute Gasteiger partial charge is 0.478 e. The highest BCUT2D eigenvalue weighted by Crippen LogP contribution is 2.14.